The molecule has 0 atom stereocenters. The van der Waals surface area contributed by atoms with Crippen molar-refractivity contribution >= 4 is 11.5 Å². The molecule has 0 saturated carbocycles. The van der Waals surface area contributed by atoms with Crippen LogP contribution in [0.15, 0.2) is 30.2 Å². The van der Waals surface area contributed by atoms with Gasteiger partial charge in [0.15, 0.2) is 5.57 Å². The second-order valence-electron chi connectivity index (χ2n) is 2.59. The Bertz CT molecular complexity index is 405. The summed E-state index contributed by atoms with van der Waals surface area (Å²) in [6, 6.07) is 5.44. The molecule has 0 aliphatic carbocycles. The SMILES string of the molecule is O=C(OO)C(=C(O)O)c1ccccc1O. The number of hydrogen-bond donors (Lipinski definition) is 4. The standard InChI is InChI=1S/C9H8O6/c10-6-4-2-1-3-5(6)7(8(11)12)9(13)15-14/h1-4,10-12,14H. The van der Waals surface area contributed by atoms with E-state index < -0.39 is 17.5 Å². The van der Waals surface area contributed by atoms with Gasteiger partial charge in [-0.2, -0.15) is 5.26 Å². The zero-order valence-corrected chi connectivity index (χ0v) is 7.41. The molecule has 0 saturated heterocycles. The van der Waals surface area contributed by atoms with E-state index >= 15 is 0 Å². The number of phenolic OH excluding ortho intramolecular Hbond substituents is 1. The van der Waals surface area contributed by atoms with Crippen LogP contribution in [0, 0.1) is 0 Å². The molecule has 0 fully saturated rings. The van der Waals surface area contributed by atoms with Crippen LogP contribution in [-0.2, 0) is 9.68 Å². The Labute approximate surface area is 84.2 Å². The van der Waals surface area contributed by atoms with Crippen LogP contribution in [0.4, 0.5) is 0 Å². The Hall–Kier alpha value is -2.21. The van der Waals surface area contributed by atoms with Gasteiger partial charge in [-0.05, 0) is 6.07 Å². The molecule has 6 nitrogen and oxygen atoms in total. The lowest BCUT2D eigenvalue weighted by Crippen LogP contribution is -2.07. The molecule has 6 heteroatoms. The second kappa shape index (κ2) is 4.34. The summed E-state index contributed by atoms with van der Waals surface area (Å²) < 4.78 is 0. The van der Waals surface area contributed by atoms with Gasteiger partial charge in [0, 0.05) is 5.56 Å². The number of aliphatic hydroxyl groups excluding tert-OH is 1. The fourth-order valence-corrected chi connectivity index (χ4v) is 1.05. The van der Waals surface area contributed by atoms with Gasteiger partial charge in [-0.25, -0.2) is 4.79 Å². The smallest absolute Gasteiger partial charge is 0.380 e. The van der Waals surface area contributed by atoms with Crippen LogP contribution >= 0.6 is 0 Å². The Balaban J connectivity index is 3.30. The summed E-state index contributed by atoms with van der Waals surface area (Å²) in [5.41, 5.74) is -0.882. The maximum atomic E-state index is 10.9. The summed E-state index contributed by atoms with van der Waals surface area (Å²) in [5.74, 6) is -3.08. The highest BCUT2D eigenvalue weighted by atomic mass is 17.1. The van der Waals surface area contributed by atoms with Crippen molar-refractivity contribution in [2.24, 2.45) is 0 Å². The quantitative estimate of drug-likeness (QED) is 0.254. The Morgan fingerprint density at radius 2 is 1.80 bits per heavy atom. The predicted octanol–water partition coefficient (Wildman–Crippen LogP) is 1.19. The molecule has 0 unspecified atom stereocenters. The van der Waals surface area contributed by atoms with Crippen molar-refractivity contribution in [1.29, 1.82) is 0 Å². The van der Waals surface area contributed by atoms with Crippen molar-refractivity contribution in [3.05, 3.63) is 35.8 Å². The number of phenols is 1. The average Bonchev–Trinajstić information content (AvgIpc) is 2.20. The molecule has 0 radical (unpaired) electrons. The van der Waals surface area contributed by atoms with Gasteiger partial charge in [0.25, 0.3) is 5.95 Å². The normalized spacial score (nSPS) is 9.40. The first-order valence-corrected chi connectivity index (χ1v) is 3.84. The highest BCUT2D eigenvalue weighted by molar-refractivity contribution is 6.17. The lowest BCUT2D eigenvalue weighted by Gasteiger charge is -2.05. The predicted molar refractivity (Wildman–Crippen MR) is 49.0 cm³/mol. The van der Waals surface area contributed by atoms with Crippen LogP contribution in [0.2, 0.25) is 0 Å². The summed E-state index contributed by atoms with van der Waals surface area (Å²) >= 11 is 0. The molecule has 4 N–H and O–H groups in total. The third-order valence-electron chi connectivity index (χ3n) is 1.68. The van der Waals surface area contributed by atoms with Crippen molar-refractivity contribution in [2.45, 2.75) is 0 Å². The third kappa shape index (κ3) is 2.18. The monoisotopic (exact) mass is 212 g/mol. The molecule has 0 aliphatic heterocycles. The first-order chi connectivity index (χ1) is 7.07. The molecular weight excluding hydrogens is 204 g/mol. The van der Waals surface area contributed by atoms with Crippen molar-refractivity contribution in [2.75, 3.05) is 0 Å². The first kappa shape index (κ1) is 10.9. The van der Waals surface area contributed by atoms with Crippen LogP contribution in [-0.4, -0.2) is 26.5 Å². The summed E-state index contributed by atoms with van der Waals surface area (Å²) in [6.45, 7) is 0. The zero-order chi connectivity index (χ0) is 11.4. The van der Waals surface area contributed by atoms with E-state index in [-0.39, 0.29) is 11.3 Å². The van der Waals surface area contributed by atoms with E-state index in [4.69, 9.17) is 15.5 Å². The molecule has 0 aromatic heterocycles. The molecule has 0 heterocycles. The number of para-hydroxylation sites is 1. The molecule has 1 rings (SSSR count). The molecule has 0 aliphatic rings. The first-order valence-electron chi connectivity index (χ1n) is 3.84. The summed E-state index contributed by atoms with van der Waals surface area (Å²) in [4.78, 5) is 14.3. The van der Waals surface area contributed by atoms with Gasteiger partial charge in [-0.15, -0.1) is 0 Å². The van der Waals surface area contributed by atoms with Crippen LogP contribution in [0.25, 0.3) is 5.57 Å². The maximum Gasteiger partial charge on any atom is 0.380 e. The number of carbonyl (C=O) groups excluding carboxylic acids is 1. The van der Waals surface area contributed by atoms with E-state index in [1.807, 2.05) is 0 Å². The van der Waals surface area contributed by atoms with Crippen LogP contribution in [0.3, 0.4) is 0 Å². The van der Waals surface area contributed by atoms with Crippen molar-refractivity contribution in [3.63, 3.8) is 0 Å². The Morgan fingerprint density at radius 3 is 2.27 bits per heavy atom. The van der Waals surface area contributed by atoms with Gasteiger partial charge < -0.3 is 15.3 Å². The van der Waals surface area contributed by atoms with Gasteiger partial charge >= 0.3 is 5.97 Å². The maximum absolute atomic E-state index is 10.9. The van der Waals surface area contributed by atoms with E-state index in [0.717, 1.165) is 0 Å². The number of rotatable bonds is 2. The number of aromatic hydroxyl groups is 1. The van der Waals surface area contributed by atoms with E-state index in [1.54, 1.807) is 0 Å². The van der Waals surface area contributed by atoms with Gasteiger partial charge in [-0.1, -0.05) is 18.2 Å². The minimum Gasteiger partial charge on any atom is -0.507 e. The van der Waals surface area contributed by atoms with E-state index in [2.05, 4.69) is 4.89 Å². The van der Waals surface area contributed by atoms with Crippen LogP contribution < -0.4 is 0 Å². The van der Waals surface area contributed by atoms with Crippen molar-refractivity contribution in [3.8, 4) is 5.75 Å². The summed E-state index contributed by atoms with van der Waals surface area (Å²) in [6.07, 6.45) is 0. The summed E-state index contributed by atoms with van der Waals surface area (Å²) in [5, 5.41) is 35.1. The van der Waals surface area contributed by atoms with Gasteiger partial charge in [0.2, 0.25) is 0 Å². The largest absolute Gasteiger partial charge is 0.507 e. The van der Waals surface area contributed by atoms with Gasteiger partial charge in [-0.3, -0.25) is 4.89 Å². The van der Waals surface area contributed by atoms with Crippen LogP contribution in [0.1, 0.15) is 5.56 Å². The van der Waals surface area contributed by atoms with Crippen LogP contribution in [0.5, 0.6) is 5.75 Å². The minimum absolute atomic E-state index is 0.156. The fraction of sp³-hybridized carbons (Fsp3) is 0. The molecule has 15 heavy (non-hydrogen) atoms. The van der Waals surface area contributed by atoms with Crippen molar-refractivity contribution < 1.29 is 30.3 Å². The molecule has 0 spiro atoms. The molecule has 1 aromatic rings. The van der Waals surface area contributed by atoms with Crippen molar-refractivity contribution in [1.82, 2.24) is 0 Å². The van der Waals surface area contributed by atoms with E-state index in [9.17, 15) is 9.90 Å². The Kier molecular flexibility index (Phi) is 3.14. The van der Waals surface area contributed by atoms with E-state index in [0.29, 0.717) is 0 Å². The number of benzene rings is 1. The third-order valence-corrected chi connectivity index (χ3v) is 1.68. The van der Waals surface area contributed by atoms with Gasteiger partial charge in [0.05, 0.1) is 0 Å². The lowest BCUT2D eigenvalue weighted by atomic mass is 10.1. The lowest BCUT2D eigenvalue weighted by molar-refractivity contribution is -0.227. The number of aliphatic hydroxyl groups is 2. The molecule has 1 aromatic carbocycles. The van der Waals surface area contributed by atoms with Gasteiger partial charge in [0.1, 0.15) is 5.75 Å². The second-order valence-corrected chi connectivity index (χ2v) is 2.59. The van der Waals surface area contributed by atoms with E-state index in [1.165, 1.54) is 24.3 Å². The highest BCUT2D eigenvalue weighted by Crippen LogP contribution is 2.26. The molecule has 0 amide bonds. The highest BCUT2D eigenvalue weighted by Gasteiger charge is 2.22. The summed E-state index contributed by atoms with van der Waals surface area (Å²) in [7, 11) is 0. The fourth-order valence-electron chi connectivity index (χ4n) is 1.05. The molecule has 80 valence electrons. The zero-order valence-electron chi connectivity index (χ0n) is 7.41. The average molecular weight is 212 g/mol. The molecular formula is C9H8O6. The minimum atomic E-state index is -1.38. The topological polar surface area (TPSA) is 107 Å². The number of carbonyl (C=O) groups is 1. The molecule has 0 bridgehead atoms. The Morgan fingerprint density at radius 1 is 1.20 bits per heavy atom. The number of hydrogen-bond acceptors (Lipinski definition) is 6.